The number of carboxylic acid groups (broad SMARTS) is 1. The van der Waals surface area contributed by atoms with Gasteiger partial charge in [0.25, 0.3) is 0 Å². The summed E-state index contributed by atoms with van der Waals surface area (Å²) in [6.45, 7) is 0.657. The average molecular weight is 287 g/mol. The molecule has 0 unspecified atom stereocenters. The Kier molecular flexibility index (Phi) is 4.73. The quantitative estimate of drug-likeness (QED) is 0.799. The first-order valence-corrected chi connectivity index (χ1v) is 8.00. The van der Waals surface area contributed by atoms with E-state index in [9.17, 15) is 9.59 Å². The molecule has 0 radical (unpaired) electrons. The Bertz CT molecular complexity index is 355. The van der Waals surface area contributed by atoms with Gasteiger partial charge in [-0.05, 0) is 31.9 Å². The van der Waals surface area contributed by atoms with E-state index in [0.29, 0.717) is 19.4 Å². The fourth-order valence-corrected chi connectivity index (χ4v) is 3.76. The summed E-state index contributed by atoms with van der Waals surface area (Å²) in [5.74, 6) is -1.14. The molecule has 1 amide bonds. The number of carbonyl (C=O) groups excluding carboxylic acids is 1. The Hall–Kier alpha value is -0.750. The van der Waals surface area contributed by atoms with E-state index in [0.717, 1.165) is 12.8 Å². The minimum Gasteiger partial charge on any atom is -0.479 e. The van der Waals surface area contributed by atoms with Crippen molar-refractivity contribution in [1.29, 1.82) is 0 Å². The number of carbonyl (C=O) groups is 2. The summed E-state index contributed by atoms with van der Waals surface area (Å²) in [7, 11) is 0. The number of thioether (sulfide) groups is 1. The Morgan fingerprint density at radius 3 is 2.47 bits per heavy atom. The molecule has 1 saturated carbocycles. The lowest BCUT2D eigenvalue weighted by molar-refractivity contribution is -0.151. The number of nitrogens with one attached hydrogen (secondary N) is 1. The fraction of sp³-hybridized carbons (Fsp3) is 0.846. The predicted molar refractivity (Wildman–Crippen MR) is 73.3 cm³/mol. The SMILES string of the molecule is CSC1(CNC(=O)[C@@H]2CC[C@H](C(=O)O)O2)CCCC1. The van der Waals surface area contributed by atoms with Crippen molar-refractivity contribution in [3.05, 3.63) is 0 Å². The monoisotopic (exact) mass is 287 g/mol. The molecule has 1 aliphatic heterocycles. The minimum atomic E-state index is -0.980. The van der Waals surface area contributed by atoms with Crippen LogP contribution in [-0.2, 0) is 14.3 Å². The third-order valence-electron chi connectivity index (χ3n) is 4.12. The molecule has 0 aromatic carbocycles. The maximum Gasteiger partial charge on any atom is 0.332 e. The van der Waals surface area contributed by atoms with Crippen molar-refractivity contribution in [3.8, 4) is 0 Å². The van der Waals surface area contributed by atoms with Gasteiger partial charge in [-0.2, -0.15) is 11.8 Å². The van der Waals surface area contributed by atoms with Crippen molar-refractivity contribution in [1.82, 2.24) is 5.32 Å². The molecule has 2 rings (SSSR count). The van der Waals surface area contributed by atoms with Crippen LogP contribution >= 0.6 is 11.8 Å². The molecular weight excluding hydrogens is 266 g/mol. The van der Waals surface area contributed by atoms with Crippen LogP contribution < -0.4 is 5.32 Å². The van der Waals surface area contributed by atoms with Gasteiger partial charge in [-0.15, -0.1) is 0 Å². The molecule has 108 valence electrons. The topological polar surface area (TPSA) is 75.6 Å². The lowest BCUT2D eigenvalue weighted by Crippen LogP contribution is -2.43. The summed E-state index contributed by atoms with van der Waals surface area (Å²) in [4.78, 5) is 22.8. The van der Waals surface area contributed by atoms with Gasteiger partial charge in [0.1, 0.15) is 6.10 Å². The molecule has 2 atom stereocenters. The lowest BCUT2D eigenvalue weighted by Gasteiger charge is -2.27. The highest BCUT2D eigenvalue weighted by molar-refractivity contribution is 8.00. The van der Waals surface area contributed by atoms with E-state index in [1.54, 1.807) is 0 Å². The lowest BCUT2D eigenvalue weighted by atomic mass is 10.1. The van der Waals surface area contributed by atoms with Crippen LogP contribution in [0.1, 0.15) is 38.5 Å². The van der Waals surface area contributed by atoms with E-state index in [4.69, 9.17) is 9.84 Å². The summed E-state index contributed by atoms with van der Waals surface area (Å²) in [5, 5.41) is 11.8. The maximum absolute atomic E-state index is 12.0. The summed E-state index contributed by atoms with van der Waals surface area (Å²) < 4.78 is 5.42. The normalized spacial score (nSPS) is 29.3. The Morgan fingerprint density at radius 2 is 1.95 bits per heavy atom. The standard InChI is InChI=1S/C13H21NO4S/c1-19-13(6-2-3-7-13)8-14-11(15)9-4-5-10(18-9)12(16)17/h9-10H,2-8H2,1H3,(H,14,15)(H,16,17)/t9-,10+/m0/s1. The Morgan fingerprint density at radius 1 is 1.32 bits per heavy atom. The first kappa shape index (κ1) is 14.7. The van der Waals surface area contributed by atoms with Crippen molar-refractivity contribution in [2.24, 2.45) is 0 Å². The number of carboxylic acids is 1. The number of hydrogen-bond donors (Lipinski definition) is 2. The molecule has 1 aliphatic carbocycles. The Labute approximate surface area is 117 Å². The molecule has 2 aliphatic rings. The highest BCUT2D eigenvalue weighted by Crippen LogP contribution is 2.39. The maximum atomic E-state index is 12.0. The summed E-state index contributed by atoms with van der Waals surface area (Å²) in [6, 6.07) is 0. The van der Waals surface area contributed by atoms with E-state index in [2.05, 4.69) is 11.6 Å². The first-order chi connectivity index (χ1) is 9.06. The second kappa shape index (κ2) is 6.13. The first-order valence-electron chi connectivity index (χ1n) is 6.77. The van der Waals surface area contributed by atoms with Gasteiger partial charge in [-0.1, -0.05) is 12.8 Å². The van der Waals surface area contributed by atoms with Gasteiger partial charge in [0.15, 0.2) is 6.10 Å². The third kappa shape index (κ3) is 3.42. The highest BCUT2D eigenvalue weighted by Gasteiger charge is 2.37. The van der Waals surface area contributed by atoms with Crippen molar-refractivity contribution >= 4 is 23.6 Å². The van der Waals surface area contributed by atoms with Gasteiger partial charge >= 0.3 is 5.97 Å². The summed E-state index contributed by atoms with van der Waals surface area (Å²) in [5.41, 5.74) is 0. The van der Waals surface area contributed by atoms with E-state index < -0.39 is 18.2 Å². The van der Waals surface area contributed by atoms with E-state index in [-0.39, 0.29) is 10.7 Å². The summed E-state index contributed by atoms with van der Waals surface area (Å²) >= 11 is 1.82. The van der Waals surface area contributed by atoms with Gasteiger partial charge in [0.05, 0.1) is 0 Å². The molecule has 5 nitrogen and oxygen atoms in total. The summed E-state index contributed by atoms with van der Waals surface area (Å²) in [6.07, 6.45) is 6.29. The molecule has 2 fully saturated rings. The van der Waals surface area contributed by atoms with Crippen LogP contribution in [0.5, 0.6) is 0 Å². The van der Waals surface area contributed by atoms with Gasteiger partial charge in [-0.3, -0.25) is 4.79 Å². The van der Waals surface area contributed by atoms with E-state index in [1.165, 1.54) is 12.8 Å². The third-order valence-corrected chi connectivity index (χ3v) is 5.54. The van der Waals surface area contributed by atoms with Crippen LogP contribution in [0, 0.1) is 0 Å². The molecule has 1 saturated heterocycles. The number of aliphatic carboxylic acids is 1. The highest BCUT2D eigenvalue weighted by atomic mass is 32.2. The van der Waals surface area contributed by atoms with Crippen LogP contribution in [0.3, 0.4) is 0 Å². The smallest absolute Gasteiger partial charge is 0.332 e. The molecule has 1 heterocycles. The molecule has 0 aromatic heterocycles. The van der Waals surface area contributed by atoms with Gasteiger partial charge < -0.3 is 15.2 Å². The van der Waals surface area contributed by atoms with Crippen LogP contribution in [0.25, 0.3) is 0 Å². The number of amides is 1. The predicted octanol–water partition coefficient (Wildman–Crippen LogP) is 1.41. The van der Waals surface area contributed by atoms with Gasteiger partial charge in [0, 0.05) is 11.3 Å². The van der Waals surface area contributed by atoms with E-state index in [1.807, 2.05) is 11.8 Å². The second-order valence-electron chi connectivity index (χ2n) is 5.34. The zero-order chi connectivity index (χ0) is 13.9. The zero-order valence-corrected chi connectivity index (χ0v) is 12.0. The zero-order valence-electron chi connectivity index (χ0n) is 11.2. The number of hydrogen-bond acceptors (Lipinski definition) is 4. The van der Waals surface area contributed by atoms with Gasteiger partial charge in [-0.25, -0.2) is 4.79 Å². The molecule has 0 aromatic rings. The molecule has 2 N–H and O–H groups in total. The molecule has 19 heavy (non-hydrogen) atoms. The van der Waals surface area contributed by atoms with Crippen molar-refractivity contribution in [2.75, 3.05) is 12.8 Å². The molecule has 0 spiro atoms. The molecular formula is C13H21NO4S. The molecule has 6 heteroatoms. The fourth-order valence-electron chi connectivity index (χ4n) is 2.85. The minimum absolute atomic E-state index is 0.163. The van der Waals surface area contributed by atoms with E-state index >= 15 is 0 Å². The van der Waals surface area contributed by atoms with Gasteiger partial charge in [0.2, 0.25) is 5.91 Å². The van der Waals surface area contributed by atoms with Crippen LogP contribution in [0.15, 0.2) is 0 Å². The van der Waals surface area contributed by atoms with Crippen LogP contribution in [0.4, 0.5) is 0 Å². The number of ether oxygens (including phenoxy) is 1. The second-order valence-corrected chi connectivity index (χ2v) is 6.62. The van der Waals surface area contributed by atoms with Crippen LogP contribution in [-0.4, -0.2) is 46.7 Å². The largest absolute Gasteiger partial charge is 0.479 e. The average Bonchev–Trinajstić information content (AvgIpc) is 3.06. The van der Waals surface area contributed by atoms with Crippen molar-refractivity contribution in [2.45, 2.75) is 55.5 Å². The molecule has 0 bridgehead atoms. The van der Waals surface area contributed by atoms with Crippen molar-refractivity contribution in [3.63, 3.8) is 0 Å². The van der Waals surface area contributed by atoms with Crippen LogP contribution in [0.2, 0.25) is 0 Å². The van der Waals surface area contributed by atoms with Crippen molar-refractivity contribution < 1.29 is 19.4 Å². The number of rotatable bonds is 5. The Balaban J connectivity index is 1.80.